The van der Waals surface area contributed by atoms with Gasteiger partial charge in [0.25, 0.3) is 5.91 Å². The van der Waals surface area contributed by atoms with Gasteiger partial charge in [-0.2, -0.15) is 0 Å². The van der Waals surface area contributed by atoms with Gasteiger partial charge in [0.05, 0.1) is 0 Å². The Morgan fingerprint density at radius 3 is 2.74 bits per heavy atom. The van der Waals surface area contributed by atoms with Gasteiger partial charge in [0, 0.05) is 18.2 Å². The van der Waals surface area contributed by atoms with Crippen molar-refractivity contribution in [2.24, 2.45) is 11.7 Å². The first kappa shape index (κ1) is 12.7. The number of nitrogens with one attached hydrogen (secondary N) is 1. The summed E-state index contributed by atoms with van der Waals surface area (Å²) >= 11 is 0. The topological polar surface area (TPSA) is 55.1 Å². The number of hydrogen-bond donors (Lipinski definition) is 2. The van der Waals surface area contributed by atoms with E-state index in [2.05, 4.69) is 17.4 Å². The van der Waals surface area contributed by atoms with Crippen LogP contribution in [0.3, 0.4) is 0 Å². The van der Waals surface area contributed by atoms with Gasteiger partial charge in [-0.25, -0.2) is 0 Å². The van der Waals surface area contributed by atoms with Crippen molar-refractivity contribution in [1.82, 2.24) is 5.32 Å². The molecule has 1 unspecified atom stereocenters. The summed E-state index contributed by atoms with van der Waals surface area (Å²) in [6.45, 7) is 0.598. The second-order valence-electron chi connectivity index (χ2n) is 5.90. The first-order chi connectivity index (χ1) is 9.24. The molecule has 1 aromatic rings. The number of carbonyl (C=O) groups excluding carboxylic acids is 1. The van der Waals surface area contributed by atoms with E-state index in [1.165, 1.54) is 36.8 Å². The number of carbonyl (C=O) groups is 1. The highest BCUT2D eigenvalue weighted by Crippen LogP contribution is 2.31. The maximum Gasteiger partial charge on any atom is 0.251 e. The molecule has 0 aromatic heterocycles. The van der Waals surface area contributed by atoms with Crippen molar-refractivity contribution >= 4 is 5.91 Å². The summed E-state index contributed by atoms with van der Waals surface area (Å²) in [4.78, 5) is 12.1. The van der Waals surface area contributed by atoms with Crippen molar-refractivity contribution in [3.63, 3.8) is 0 Å². The van der Waals surface area contributed by atoms with Crippen LogP contribution >= 0.6 is 0 Å². The molecule has 0 saturated heterocycles. The van der Waals surface area contributed by atoms with Crippen LogP contribution in [0, 0.1) is 5.92 Å². The third kappa shape index (κ3) is 2.98. The maximum atomic E-state index is 12.1. The first-order valence-corrected chi connectivity index (χ1v) is 7.39. The summed E-state index contributed by atoms with van der Waals surface area (Å²) in [5.41, 5.74) is 9.55. The molecule has 0 bridgehead atoms. The summed E-state index contributed by atoms with van der Waals surface area (Å²) < 4.78 is 0. The molecule has 2 aliphatic carbocycles. The Balaban J connectivity index is 1.62. The lowest BCUT2D eigenvalue weighted by atomic mass is 9.90. The van der Waals surface area contributed by atoms with Gasteiger partial charge in [0.2, 0.25) is 0 Å². The molecule has 0 radical (unpaired) electrons. The van der Waals surface area contributed by atoms with Gasteiger partial charge in [0.15, 0.2) is 0 Å². The van der Waals surface area contributed by atoms with Crippen molar-refractivity contribution in [2.75, 3.05) is 6.54 Å². The summed E-state index contributed by atoms with van der Waals surface area (Å²) in [6.07, 6.45) is 7.22. The summed E-state index contributed by atoms with van der Waals surface area (Å²) in [5.74, 6) is 0.647. The lowest BCUT2D eigenvalue weighted by Crippen LogP contribution is -2.38. The average molecular weight is 258 g/mol. The smallest absolute Gasteiger partial charge is 0.251 e. The number of hydrogen-bond acceptors (Lipinski definition) is 2. The zero-order chi connectivity index (χ0) is 13.2. The zero-order valence-corrected chi connectivity index (χ0v) is 11.3. The average Bonchev–Trinajstić information content (AvgIpc) is 3.28. The molecule has 102 valence electrons. The maximum absolute atomic E-state index is 12.1. The van der Waals surface area contributed by atoms with Crippen molar-refractivity contribution in [3.05, 3.63) is 34.9 Å². The van der Waals surface area contributed by atoms with Crippen LogP contribution < -0.4 is 11.1 Å². The molecule has 3 nitrogen and oxygen atoms in total. The van der Waals surface area contributed by atoms with Crippen molar-refractivity contribution in [2.45, 2.75) is 44.6 Å². The van der Waals surface area contributed by atoms with Crippen LogP contribution in [-0.2, 0) is 12.8 Å². The molecule has 0 spiro atoms. The Bertz CT molecular complexity index is 480. The van der Waals surface area contributed by atoms with E-state index < -0.39 is 0 Å². The number of nitrogens with two attached hydrogens (primary N) is 1. The minimum Gasteiger partial charge on any atom is -0.350 e. The molecule has 1 atom stereocenters. The minimum atomic E-state index is 0.0180. The van der Waals surface area contributed by atoms with E-state index in [1.54, 1.807) is 0 Å². The van der Waals surface area contributed by atoms with E-state index in [0.717, 1.165) is 18.4 Å². The van der Waals surface area contributed by atoms with E-state index in [9.17, 15) is 4.79 Å². The molecule has 1 amide bonds. The van der Waals surface area contributed by atoms with E-state index in [1.807, 2.05) is 6.07 Å². The highest BCUT2D eigenvalue weighted by molar-refractivity contribution is 5.94. The van der Waals surface area contributed by atoms with Gasteiger partial charge in [-0.3, -0.25) is 4.79 Å². The Hall–Kier alpha value is -1.35. The predicted octanol–water partition coefficient (Wildman–Crippen LogP) is 2.03. The highest BCUT2D eigenvalue weighted by Gasteiger charge is 2.28. The van der Waals surface area contributed by atoms with Crippen LogP contribution in [0.25, 0.3) is 0 Å². The van der Waals surface area contributed by atoms with E-state index in [0.29, 0.717) is 12.5 Å². The Labute approximate surface area is 114 Å². The van der Waals surface area contributed by atoms with Crippen LogP contribution in [0.15, 0.2) is 18.2 Å². The Morgan fingerprint density at radius 2 is 2.00 bits per heavy atom. The van der Waals surface area contributed by atoms with Crippen LogP contribution in [-0.4, -0.2) is 18.5 Å². The van der Waals surface area contributed by atoms with Gasteiger partial charge < -0.3 is 11.1 Å². The molecule has 1 fully saturated rings. The monoisotopic (exact) mass is 258 g/mol. The van der Waals surface area contributed by atoms with E-state index in [4.69, 9.17) is 5.73 Å². The third-order valence-corrected chi connectivity index (χ3v) is 4.34. The Kier molecular flexibility index (Phi) is 3.56. The molecule has 0 aliphatic heterocycles. The van der Waals surface area contributed by atoms with E-state index in [-0.39, 0.29) is 11.9 Å². The standard InChI is InChI=1S/C16H22N2O/c17-15(12-6-7-12)10-18-16(19)14-8-5-11-3-1-2-4-13(11)9-14/h5,8-9,12,15H,1-4,6-7,10,17H2,(H,18,19). The fraction of sp³-hybridized carbons (Fsp3) is 0.562. The fourth-order valence-corrected chi connectivity index (χ4v) is 2.88. The van der Waals surface area contributed by atoms with Crippen molar-refractivity contribution in [3.8, 4) is 0 Å². The van der Waals surface area contributed by atoms with Crippen LogP contribution in [0.4, 0.5) is 0 Å². The Morgan fingerprint density at radius 1 is 1.26 bits per heavy atom. The molecular weight excluding hydrogens is 236 g/mol. The van der Waals surface area contributed by atoms with Crippen LogP contribution in [0.5, 0.6) is 0 Å². The molecule has 2 aliphatic rings. The molecule has 1 aromatic carbocycles. The molecule has 3 N–H and O–H groups in total. The molecular formula is C16H22N2O. The predicted molar refractivity (Wildman–Crippen MR) is 76.1 cm³/mol. The van der Waals surface area contributed by atoms with Gasteiger partial charge in [-0.05, 0) is 67.7 Å². The molecule has 3 rings (SSSR count). The number of benzene rings is 1. The lowest BCUT2D eigenvalue weighted by Gasteiger charge is -2.17. The van der Waals surface area contributed by atoms with Gasteiger partial charge in [0.1, 0.15) is 0 Å². The minimum absolute atomic E-state index is 0.0180. The zero-order valence-electron chi connectivity index (χ0n) is 11.3. The van der Waals surface area contributed by atoms with Gasteiger partial charge >= 0.3 is 0 Å². The summed E-state index contributed by atoms with van der Waals surface area (Å²) in [5, 5.41) is 2.96. The van der Waals surface area contributed by atoms with Crippen molar-refractivity contribution in [1.29, 1.82) is 0 Å². The largest absolute Gasteiger partial charge is 0.350 e. The van der Waals surface area contributed by atoms with Crippen molar-refractivity contribution < 1.29 is 4.79 Å². The molecule has 19 heavy (non-hydrogen) atoms. The first-order valence-electron chi connectivity index (χ1n) is 7.39. The normalized spacial score (nSPS) is 19.6. The van der Waals surface area contributed by atoms with Gasteiger partial charge in [-0.15, -0.1) is 0 Å². The quantitative estimate of drug-likeness (QED) is 0.868. The number of fused-ring (bicyclic) bond motifs is 1. The highest BCUT2D eigenvalue weighted by atomic mass is 16.1. The van der Waals surface area contributed by atoms with Gasteiger partial charge in [-0.1, -0.05) is 6.07 Å². The molecule has 1 saturated carbocycles. The second kappa shape index (κ2) is 5.33. The lowest BCUT2D eigenvalue weighted by molar-refractivity contribution is 0.0950. The number of amides is 1. The van der Waals surface area contributed by atoms with Crippen LogP contribution in [0.2, 0.25) is 0 Å². The van der Waals surface area contributed by atoms with E-state index >= 15 is 0 Å². The third-order valence-electron chi connectivity index (χ3n) is 4.34. The fourth-order valence-electron chi connectivity index (χ4n) is 2.88. The second-order valence-corrected chi connectivity index (χ2v) is 5.90. The molecule has 3 heteroatoms. The summed E-state index contributed by atoms with van der Waals surface area (Å²) in [6, 6.07) is 6.25. The molecule has 0 heterocycles. The van der Waals surface area contributed by atoms with Crippen LogP contribution in [0.1, 0.15) is 47.2 Å². The SMILES string of the molecule is NC(CNC(=O)c1ccc2c(c1)CCCC2)C1CC1. The number of rotatable bonds is 4. The number of aryl methyl sites for hydroxylation is 2. The summed E-state index contributed by atoms with van der Waals surface area (Å²) in [7, 11) is 0.